The fourth-order valence-electron chi connectivity index (χ4n) is 5.64. The molecule has 1 aromatic rings. The second kappa shape index (κ2) is 14.8. The molecule has 3 rings (SSSR count). The van der Waals surface area contributed by atoms with E-state index in [9.17, 15) is 19.2 Å². The Morgan fingerprint density at radius 3 is 2.21 bits per heavy atom. The number of ketones is 1. The summed E-state index contributed by atoms with van der Waals surface area (Å²) < 4.78 is 11.8. The molecule has 0 aliphatic carbocycles. The Morgan fingerprint density at radius 1 is 0.929 bits per heavy atom. The van der Waals surface area contributed by atoms with Gasteiger partial charge in [0.15, 0.2) is 0 Å². The number of amides is 2. The zero-order chi connectivity index (χ0) is 31.1. The average Bonchev–Trinajstić information content (AvgIpc) is 2.89. The number of ether oxygens (including phenoxy) is 2. The molecule has 2 saturated heterocycles. The molecule has 0 unspecified atom stereocenters. The number of hydrogen-bond acceptors (Lipinski definition) is 7. The molecule has 2 aliphatic heterocycles. The first-order valence-corrected chi connectivity index (χ1v) is 16.0. The van der Waals surface area contributed by atoms with E-state index >= 15 is 0 Å². The molecule has 0 radical (unpaired) electrons. The maximum Gasteiger partial charge on any atom is 0.410 e. The molecule has 42 heavy (non-hydrogen) atoms. The fourth-order valence-corrected chi connectivity index (χ4v) is 6.02. The summed E-state index contributed by atoms with van der Waals surface area (Å²) >= 11 is 3.44. The number of Topliss-reactive ketones (excluding diaryl/α,β-unsaturated/α-hetero) is 1. The molecule has 2 aliphatic rings. The summed E-state index contributed by atoms with van der Waals surface area (Å²) in [7, 11) is 0. The van der Waals surface area contributed by atoms with Crippen LogP contribution in [-0.2, 0) is 23.9 Å². The molecule has 9 nitrogen and oxygen atoms in total. The van der Waals surface area contributed by atoms with Crippen molar-refractivity contribution in [3.63, 3.8) is 0 Å². The van der Waals surface area contributed by atoms with Crippen LogP contribution in [0.25, 0.3) is 0 Å². The number of pyridine rings is 1. The molecule has 2 atom stereocenters. The van der Waals surface area contributed by atoms with Crippen molar-refractivity contribution in [1.82, 2.24) is 14.8 Å². The topological polar surface area (TPSA) is 106 Å². The highest BCUT2D eigenvalue weighted by Crippen LogP contribution is 2.31. The number of carbonyl (C=O) groups is 4. The summed E-state index contributed by atoms with van der Waals surface area (Å²) in [6.45, 7) is 13.4. The third-order valence-corrected chi connectivity index (χ3v) is 8.17. The highest BCUT2D eigenvalue weighted by atomic mass is 79.9. The Morgan fingerprint density at radius 2 is 1.60 bits per heavy atom. The van der Waals surface area contributed by atoms with Crippen molar-refractivity contribution in [3.05, 3.63) is 28.5 Å². The van der Waals surface area contributed by atoms with E-state index in [1.165, 1.54) is 0 Å². The molecule has 3 heterocycles. The molecular weight excluding hydrogens is 602 g/mol. The quantitative estimate of drug-likeness (QED) is 0.290. The molecule has 0 spiro atoms. The maximum atomic E-state index is 13.5. The van der Waals surface area contributed by atoms with Crippen LogP contribution in [0.4, 0.5) is 4.79 Å². The first-order valence-electron chi connectivity index (χ1n) is 15.2. The van der Waals surface area contributed by atoms with Gasteiger partial charge in [-0.2, -0.15) is 0 Å². The Kier molecular flexibility index (Phi) is 12.0. The third-order valence-electron chi connectivity index (χ3n) is 7.74. The number of aromatic nitrogens is 1. The molecule has 10 heteroatoms. The predicted octanol–water partition coefficient (Wildman–Crippen LogP) is 6.28. The first-order chi connectivity index (χ1) is 19.6. The number of carbonyl (C=O) groups excluding carboxylic acids is 4. The van der Waals surface area contributed by atoms with Gasteiger partial charge in [-0.15, -0.1) is 0 Å². The van der Waals surface area contributed by atoms with Crippen LogP contribution in [-0.4, -0.2) is 75.9 Å². The summed E-state index contributed by atoms with van der Waals surface area (Å²) in [6.07, 6.45) is 7.84. The molecule has 234 valence electrons. The summed E-state index contributed by atoms with van der Waals surface area (Å²) in [5.41, 5.74) is -0.311. The van der Waals surface area contributed by atoms with Gasteiger partial charge in [0, 0.05) is 67.7 Å². The van der Waals surface area contributed by atoms with Gasteiger partial charge in [0.25, 0.3) is 0 Å². The summed E-state index contributed by atoms with van der Waals surface area (Å²) in [6, 6.07) is 1.89. The minimum absolute atomic E-state index is 0.0653. The molecule has 1 aromatic heterocycles. The van der Waals surface area contributed by atoms with Crippen LogP contribution in [0.1, 0.15) is 104 Å². The van der Waals surface area contributed by atoms with Crippen LogP contribution in [0.5, 0.6) is 0 Å². The Hall–Kier alpha value is -2.49. The fraction of sp³-hybridized carbons (Fsp3) is 0.719. The smallest absolute Gasteiger partial charge is 0.410 e. The van der Waals surface area contributed by atoms with Crippen LogP contribution in [0.3, 0.4) is 0 Å². The Balaban J connectivity index is 1.51. The zero-order valence-electron chi connectivity index (χ0n) is 26.1. The van der Waals surface area contributed by atoms with Crippen LogP contribution < -0.4 is 0 Å². The number of nitrogens with zero attached hydrogens (tertiary/aromatic N) is 3. The van der Waals surface area contributed by atoms with Crippen LogP contribution in [0.2, 0.25) is 0 Å². The molecular formula is C32H48BrN3O6. The average molecular weight is 651 g/mol. The van der Waals surface area contributed by atoms with E-state index < -0.39 is 11.2 Å². The van der Waals surface area contributed by atoms with Gasteiger partial charge in [-0.1, -0.05) is 0 Å². The van der Waals surface area contributed by atoms with Gasteiger partial charge in [-0.3, -0.25) is 19.4 Å². The maximum absolute atomic E-state index is 13.5. The third kappa shape index (κ3) is 11.3. The molecule has 0 N–H and O–H groups in total. The second-order valence-electron chi connectivity index (χ2n) is 13.7. The standard InChI is InChI=1S/C32H48BrN3O6/c1-31(2,3)41-29(39)18-24(25-16-26(33)20-34-19-25)17-27(37)23-8-7-13-36(21-23)28(38)10-9-22-11-14-35(15-12-22)30(40)42-32(4,5)6/h16,19-20,22-24H,7-15,17-18,21H2,1-6H3/t23-,24+/m1/s1. The molecule has 2 amide bonds. The van der Waals surface area contributed by atoms with Crippen LogP contribution >= 0.6 is 15.9 Å². The highest BCUT2D eigenvalue weighted by molar-refractivity contribution is 9.10. The zero-order valence-corrected chi connectivity index (χ0v) is 27.7. The number of likely N-dealkylation sites (tertiary alicyclic amines) is 2. The van der Waals surface area contributed by atoms with Gasteiger partial charge >= 0.3 is 12.1 Å². The van der Waals surface area contributed by atoms with Crippen molar-refractivity contribution in [2.75, 3.05) is 26.2 Å². The van der Waals surface area contributed by atoms with Crippen molar-refractivity contribution in [2.45, 2.75) is 110 Å². The van der Waals surface area contributed by atoms with E-state index in [0.29, 0.717) is 38.5 Å². The molecule has 0 aromatic carbocycles. The van der Waals surface area contributed by atoms with E-state index in [1.807, 2.05) is 52.5 Å². The number of halogens is 1. The molecule has 0 bridgehead atoms. The van der Waals surface area contributed by atoms with E-state index in [2.05, 4.69) is 20.9 Å². The number of piperidine rings is 2. The highest BCUT2D eigenvalue weighted by Gasteiger charge is 2.32. The van der Waals surface area contributed by atoms with Gasteiger partial charge in [-0.25, -0.2) is 4.79 Å². The van der Waals surface area contributed by atoms with Crippen LogP contribution in [0.15, 0.2) is 22.9 Å². The van der Waals surface area contributed by atoms with Gasteiger partial charge in [0.2, 0.25) is 5.91 Å². The molecule has 2 fully saturated rings. The Bertz CT molecular complexity index is 1100. The number of esters is 1. The van der Waals surface area contributed by atoms with E-state index in [0.717, 1.165) is 42.1 Å². The lowest BCUT2D eigenvalue weighted by Crippen LogP contribution is -2.43. The summed E-state index contributed by atoms with van der Waals surface area (Å²) in [5.74, 6) is -0.407. The van der Waals surface area contributed by atoms with Crippen molar-refractivity contribution in [2.24, 2.45) is 11.8 Å². The van der Waals surface area contributed by atoms with Gasteiger partial charge < -0.3 is 19.3 Å². The monoisotopic (exact) mass is 649 g/mol. The lowest BCUT2D eigenvalue weighted by molar-refractivity contribution is -0.155. The van der Waals surface area contributed by atoms with Gasteiger partial charge in [0.05, 0.1) is 6.42 Å². The lowest BCUT2D eigenvalue weighted by atomic mass is 9.84. The largest absolute Gasteiger partial charge is 0.460 e. The predicted molar refractivity (Wildman–Crippen MR) is 164 cm³/mol. The van der Waals surface area contributed by atoms with Crippen LogP contribution in [0, 0.1) is 11.8 Å². The number of hydrogen-bond donors (Lipinski definition) is 0. The number of rotatable bonds is 9. The normalized spacial score (nSPS) is 19.3. The van der Waals surface area contributed by atoms with Crippen molar-refractivity contribution in [1.29, 1.82) is 0 Å². The molecule has 0 saturated carbocycles. The van der Waals surface area contributed by atoms with Gasteiger partial charge in [0.1, 0.15) is 17.0 Å². The Labute approximate surface area is 259 Å². The van der Waals surface area contributed by atoms with E-state index in [-0.39, 0.29) is 48.4 Å². The van der Waals surface area contributed by atoms with Crippen molar-refractivity contribution >= 4 is 39.7 Å². The van der Waals surface area contributed by atoms with Gasteiger partial charge in [-0.05, 0) is 107 Å². The van der Waals surface area contributed by atoms with E-state index in [4.69, 9.17) is 9.47 Å². The SMILES string of the molecule is CC(C)(C)OC(=O)C[C@H](CC(=O)[C@@H]1CCCN(C(=O)CCC2CCN(C(=O)OC(C)(C)C)CC2)C1)c1cncc(Br)c1. The summed E-state index contributed by atoms with van der Waals surface area (Å²) in [5, 5.41) is 0. The lowest BCUT2D eigenvalue weighted by Gasteiger charge is -2.35. The minimum Gasteiger partial charge on any atom is -0.460 e. The second-order valence-corrected chi connectivity index (χ2v) is 14.6. The first kappa shape index (κ1) is 34.0. The van der Waals surface area contributed by atoms with Crippen molar-refractivity contribution < 1.29 is 28.7 Å². The van der Waals surface area contributed by atoms with Crippen molar-refractivity contribution in [3.8, 4) is 0 Å². The minimum atomic E-state index is -0.611. The van der Waals surface area contributed by atoms with E-state index in [1.54, 1.807) is 17.3 Å². The summed E-state index contributed by atoms with van der Waals surface area (Å²) in [4.78, 5) is 59.5.